The molecule has 9 nitrogen and oxygen atoms in total. The van der Waals surface area contributed by atoms with E-state index in [4.69, 9.17) is 9.47 Å². The Balaban J connectivity index is 1.91. The van der Waals surface area contributed by atoms with Crippen LogP contribution >= 0.6 is 0 Å². The average molecular weight is 510 g/mol. The second-order valence-corrected chi connectivity index (χ2v) is 15.6. The van der Waals surface area contributed by atoms with Gasteiger partial charge in [0.15, 0.2) is 11.4 Å². The number of nitrogens with one attached hydrogen (secondary N) is 2. The number of rotatable bonds is 11. The minimum Gasteiger partial charge on any atom is -0.435 e. The molecule has 0 bridgehead atoms. The molecule has 2 aromatic heterocycles. The quantitative estimate of drug-likeness (QED) is 0.209. The lowest BCUT2D eigenvalue weighted by atomic mass is 10.2. The first-order chi connectivity index (χ1) is 17.1. The number of para-hydroxylation sites is 2. The molecule has 2 amide bonds. The Kier molecular flexibility index (Phi) is 9.00. The number of aromatic nitrogens is 3. The van der Waals surface area contributed by atoms with Crippen LogP contribution in [0.1, 0.15) is 31.1 Å². The summed E-state index contributed by atoms with van der Waals surface area (Å²) >= 11 is 0. The number of fused-ring (bicyclic) bond motifs is 1. The van der Waals surface area contributed by atoms with Crippen LogP contribution in [0.5, 0.6) is 11.6 Å². The third-order valence-electron chi connectivity index (χ3n) is 5.11. The number of ether oxygens (including phenoxy) is 2. The molecule has 0 fully saturated rings. The van der Waals surface area contributed by atoms with Gasteiger partial charge in [0.25, 0.3) is 5.91 Å². The lowest BCUT2D eigenvalue weighted by molar-refractivity contribution is -0.111. The second kappa shape index (κ2) is 12.0. The Morgan fingerprint density at radius 1 is 1.19 bits per heavy atom. The van der Waals surface area contributed by atoms with Gasteiger partial charge in [0, 0.05) is 26.9 Å². The van der Waals surface area contributed by atoms with E-state index < -0.39 is 8.07 Å². The van der Waals surface area contributed by atoms with Gasteiger partial charge in [-0.15, -0.1) is 0 Å². The summed E-state index contributed by atoms with van der Waals surface area (Å²) in [6, 6.07) is 8.05. The van der Waals surface area contributed by atoms with Crippen molar-refractivity contribution in [3.05, 3.63) is 54.4 Å². The first-order valence-electron chi connectivity index (χ1n) is 12.0. The Hall–Kier alpha value is -3.50. The van der Waals surface area contributed by atoms with E-state index in [1.165, 1.54) is 12.3 Å². The monoisotopic (exact) mass is 509 g/mol. The van der Waals surface area contributed by atoms with Gasteiger partial charge < -0.3 is 24.7 Å². The van der Waals surface area contributed by atoms with Crippen molar-refractivity contribution in [3.63, 3.8) is 0 Å². The molecular weight excluding hydrogens is 474 g/mol. The third-order valence-corrected chi connectivity index (χ3v) is 6.82. The van der Waals surface area contributed by atoms with Gasteiger partial charge >= 0.3 is 0 Å². The predicted molar refractivity (Wildman–Crippen MR) is 144 cm³/mol. The van der Waals surface area contributed by atoms with Crippen LogP contribution in [0.2, 0.25) is 25.7 Å². The number of hydrogen-bond donors (Lipinski definition) is 2. The number of benzene rings is 1. The van der Waals surface area contributed by atoms with Gasteiger partial charge in [0.2, 0.25) is 11.8 Å². The van der Waals surface area contributed by atoms with Crippen molar-refractivity contribution in [1.82, 2.24) is 19.9 Å². The maximum Gasteiger partial charge on any atom is 0.255 e. The molecule has 2 N–H and O–H groups in total. The highest BCUT2D eigenvalue weighted by atomic mass is 28.3. The van der Waals surface area contributed by atoms with Gasteiger partial charge in [-0.2, -0.15) is 0 Å². The van der Waals surface area contributed by atoms with E-state index in [0.717, 1.165) is 6.04 Å². The van der Waals surface area contributed by atoms with E-state index >= 15 is 0 Å². The molecule has 0 saturated carbocycles. The van der Waals surface area contributed by atoms with Crippen molar-refractivity contribution in [2.24, 2.45) is 0 Å². The highest BCUT2D eigenvalue weighted by molar-refractivity contribution is 6.76. The average Bonchev–Trinajstić information content (AvgIpc) is 3.15. The zero-order valence-electron chi connectivity index (χ0n) is 21.8. The van der Waals surface area contributed by atoms with E-state index in [-0.39, 0.29) is 30.5 Å². The van der Waals surface area contributed by atoms with Gasteiger partial charge in [0.1, 0.15) is 12.2 Å². The van der Waals surface area contributed by atoms with Crippen LogP contribution in [0.3, 0.4) is 0 Å². The molecule has 3 rings (SSSR count). The fraction of sp³-hybridized carbons (Fsp3) is 0.385. The number of allylic oxidation sites excluding steroid dienone is 1. The lowest BCUT2D eigenvalue weighted by Crippen LogP contribution is -2.30. The van der Waals surface area contributed by atoms with Crippen molar-refractivity contribution in [3.8, 4) is 11.6 Å². The molecule has 36 heavy (non-hydrogen) atoms. The number of nitrogens with zero attached hydrogens (tertiary/aromatic N) is 3. The Morgan fingerprint density at radius 3 is 2.64 bits per heavy atom. The summed E-state index contributed by atoms with van der Waals surface area (Å²) in [5.41, 5.74) is 1.82. The van der Waals surface area contributed by atoms with Crippen molar-refractivity contribution >= 4 is 36.7 Å². The van der Waals surface area contributed by atoms with Crippen molar-refractivity contribution < 1.29 is 19.1 Å². The summed E-state index contributed by atoms with van der Waals surface area (Å²) in [5.74, 6) is 0.0905. The van der Waals surface area contributed by atoms with E-state index in [1.54, 1.807) is 48.0 Å². The number of carbonyl (C=O) groups excluding carboxylic acids is 2. The number of anilines is 1. The SMILES string of the molecule is CC=CC(=O)Nc1ccccc1Oc1cnc2c(n1)c(C(=O)NC(C)C)cn2COCC[Si](C)(C)C. The third kappa shape index (κ3) is 7.50. The lowest BCUT2D eigenvalue weighted by Gasteiger charge is -2.15. The van der Waals surface area contributed by atoms with Gasteiger partial charge in [-0.1, -0.05) is 37.8 Å². The van der Waals surface area contributed by atoms with Crippen LogP contribution in [0, 0.1) is 0 Å². The minimum absolute atomic E-state index is 0.0380. The van der Waals surface area contributed by atoms with Gasteiger partial charge in [-0.25, -0.2) is 9.97 Å². The smallest absolute Gasteiger partial charge is 0.255 e. The molecule has 0 spiro atoms. The molecular formula is C26H35N5O4Si. The van der Waals surface area contributed by atoms with Crippen molar-refractivity contribution in [2.45, 2.75) is 59.2 Å². The summed E-state index contributed by atoms with van der Waals surface area (Å²) in [4.78, 5) is 34.1. The summed E-state index contributed by atoms with van der Waals surface area (Å²) in [6.07, 6.45) is 6.29. The maximum atomic E-state index is 12.9. The first kappa shape index (κ1) is 27.1. The van der Waals surface area contributed by atoms with Gasteiger partial charge in [-0.05, 0) is 45.0 Å². The minimum atomic E-state index is -1.22. The van der Waals surface area contributed by atoms with E-state index in [2.05, 4.69) is 40.2 Å². The topological polar surface area (TPSA) is 107 Å². The molecule has 0 atom stereocenters. The maximum absolute atomic E-state index is 12.9. The van der Waals surface area contributed by atoms with Gasteiger partial charge in [-0.3, -0.25) is 9.59 Å². The second-order valence-electron chi connectivity index (χ2n) is 9.96. The molecule has 192 valence electrons. The Bertz CT molecular complexity index is 1250. The predicted octanol–water partition coefficient (Wildman–Crippen LogP) is 5.19. The normalized spacial score (nSPS) is 11.9. The number of carbonyl (C=O) groups is 2. The summed E-state index contributed by atoms with van der Waals surface area (Å²) in [5, 5.41) is 5.70. The molecule has 0 radical (unpaired) electrons. The van der Waals surface area contributed by atoms with Crippen LogP contribution < -0.4 is 15.4 Å². The van der Waals surface area contributed by atoms with Crippen LogP contribution in [0.4, 0.5) is 5.69 Å². The molecule has 1 aromatic carbocycles. The zero-order chi connectivity index (χ0) is 26.3. The van der Waals surface area contributed by atoms with E-state index in [0.29, 0.717) is 34.8 Å². The Labute approximate surface area is 212 Å². The fourth-order valence-corrected chi connectivity index (χ4v) is 4.08. The fourth-order valence-electron chi connectivity index (χ4n) is 3.33. The zero-order valence-corrected chi connectivity index (χ0v) is 22.8. The standard InChI is InChI=1S/C26H35N5O4Si/c1-7-10-22(32)29-20-11-8-9-12-21(20)35-23-15-27-25-24(30-23)19(26(33)28-18(2)3)16-31(25)17-34-13-14-36(4,5)6/h7-12,15-16,18H,13-14,17H2,1-6H3,(H,28,33)(H,29,32). The molecule has 0 saturated heterocycles. The molecule has 0 unspecified atom stereocenters. The number of hydrogen-bond acceptors (Lipinski definition) is 6. The van der Waals surface area contributed by atoms with Crippen molar-refractivity contribution in [1.29, 1.82) is 0 Å². The summed E-state index contributed by atoms with van der Waals surface area (Å²) < 4.78 is 13.7. The van der Waals surface area contributed by atoms with E-state index in [1.807, 2.05) is 13.8 Å². The molecule has 0 aliphatic rings. The van der Waals surface area contributed by atoms with E-state index in [9.17, 15) is 9.59 Å². The molecule has 2 heterocycles. The van der Waals surface area contributed by atoms with Crippen molar-refractivity contribution in [2.75, 3.05) is 11.9 Å². The summed E-state index contributed by atoms with van der Waals surface area (Å²) in [6.45, 7) is 13.4. The molecule has 0 aliphatic carbocycles. The van der Waals surface area contributed by atoms with Crippen LogP contribution in [0.15, 0.2) is 48.8 Å². The number of amides is 2. The van der Waals surface area contributed by atoms with Crippen LogP contribution in [0.25, 0.3) is 11.2 Å². The molecule has 3 aromatic rings. The first-order valence-corrected chi connectivity index (χ1v) is 15.7. The molecule has 0 aliphatic heterocycles. The molecule has 10 heteroatoms. The van der Waals surface area contributed by atoms with Crippen LogP contribution in [-0.2, 0) is 16.3 Å². The van der Waals surface area contributed by atoms with Crippen LogP contribution in [-0.4, -0.2) is 47.1 Å². The highest BCUT2D eigenvalue weighted by Crippen LogP contribution is 2.30. The Morgan fingerprint density at radius 2 is 1.94 bits per heavy atom. The highest BCUT2D eigenvalue weighted by Gasteiger charge is 2.20. The summed E-state index contributed by atoms with van der Waals surface area (Å²) in [7, 11) is -1.22. The largest absolute Gasteiger partial charge is 0.435 e. The van der Waals surface area contributed by atoms with Gasteiger partial charge in [0.05, 0.1) is 17.4 Å².